The van der Waals surface area contributed by atoms with Crippen molar-refractivity contribution in [2.75, 3.05) is 19.8 Å². The minimum atomic E-state index is -0.469. The Kier molecular flexibility index (Phi) is 4.18. The first-order valence-corrected chi connectivity index (χ1v) is 4.75. The van der Waals surface area contributed by atoms with Gasteiger partial charge >= 0.3 is 5.97 Å². The normalized spacial score (nSPS) is 21.1. The second kappa shape index (κ2) is 5.19. The van der Waals surface area contributed by atoms with Gasteiger partial charge in [-0.15, -0.1) is 0 Å². The van der Waals surface area contributed by atoms with E-state index in [4.69, 9.17) is 15.2 Å². The fourth-order valence-corrected chi connectivity index (χ4v) is 1.51. The Balaban J connectivity index is 2.35. The van der Waals surface area contributed by atoms with Crippen LogP contribution in [0.25, 0.3) is 0 Å². The molecule has 0 aliphatic carbocycles. The molecule has 0 aromatic heterocycles. The molecule has 0 amide bonds. The van der Waals surface area contributed by atoms with Gasteiger partial charge in [-0.1, -0.05) is 0 Å². The van der Waals surface area contributed by atoms with Crippen molar-refractivity contribution in [3.63, 3.8) is 0 Å². The molecule has 1 saturated heterocycles. The van der Waals surface area contributed by atoms with E-state index in [1.165, 1.54) is 0 Å². The zero-order valence-corrected chi connectivity index (χ0v) is 7.99. The Labute approximate surface area is 78.4 Å². The largest absolute Gasteiger partial charge is 0.465 e. The minimum Gasteiger partial charge on any atom is -0.465 e. The maximum Gasteiger partial charge on any atom is 0.323 e. The molecule has 1 aliphatic rings. The lowest BCUT2D eigenvalue weighted by atomic mass is 9.92. The van der Waals surface area contributed by atoms with Gasteiger partial charge in [0.05, 0.1) is 6.61 Å². The summed E-state index contributed by atoms with van der Waals surface area (Å²) in [6.07, 6.45) is 1.72. The second-order valence-corrected chi connectivity index (χ2v) is 3.23. The topological polar surface area (TPSA) is 61.5 Å². The third-order valence-corrected chi connectivity index (χ3v) is 2.33. The highest BCUT2D eigenvalue weighted by molar-refractivity contribution is 5.75. The van der Waals surface area contributed by atoms with Crippen molar-refractivity contribution in [2.24, 2.45) is 11.7 Å². The summed E-state index contributed by atoms with van der Waals surface area (Å²) >= 11 is 0. The van der Waals surface area contributed by atoms with Crippen LogP contribution in [0.15, 0.2) is 0 Å². The highest BCUT2D eigenvalue weighted by Gasteiger charge is 2.27. The zero-order chi connectivity index (χ0) is 9.68. The number of rotatable bonds is 3. The third kappa shape index (κ3) is 2.97. The SMILES string of the molecule is CCOC(=O)C(N)C1CCOCC1. The van der Waals surface area contributed by atoms with Crippen LogP contribution in [0.1, 0.15) is 19.8 Å². The van der Waals surface area contributed by atoms with Crippen molar-refractivity contribution >= 4 is 5.97 Å². The molecule has 0 saturated carbocycles. The Morgan fingerprint density at radius 1 is 1.62 bits per heavy atom. The smallest absolute Gasteiger partial charge is 0.323 e. The van der Waals surface area contributed by atoms with Crippen molar-refractivity contribution in [1.29, 1.82) is 0 Å². The molecular formula is C9H17NO3. The average Bonchev–Trinajstić information content (AvgIpc) is 2.18. The van der Waals surface area contributed by atoms with E-state index in [9.17, 15) is 4.79 Å². The molecule has 1 atom stereocenters. The van der Waals surface area contributed by atoms with Crippen LogP contribution < -0.4 is 5.73 Å². The Morgan fingerprint density at radius 2 is 2.23 bits per heavy atom. The lowest BCUT2D eigenvalue weighted by Gasteiger charge is -2.25. The first kappa shape index (κ1) is 10.5. The monoisotopic (exact) mass is 187 g/mol. The molecule has 4 heteroatoms. The van der Waals surface area contributed by atoms with Crippen LogP contribution in [-0.4, -0.2) is 31.8 Å². The van der Waals surface area contributed by atoms with Gasteiger partial charge in [-0.2, -0.15) is 0 Å². The van der Waals surface area contributed by atoms with Gasteiger partial charge in [-0.25, -0.2) is 0 Å². The number of carbonyl (C=O) groups excluding carboxylic acids is 1. The summed E-state index contributed by atoms with van der Waals surface area (Å²) < 4.78 is 10.0. The summed E-state index contributed by atoms with van der Waals surface area (Å²) in [5.41, 5.74) is 5.75. The third-order valence-electron chi connectivity index (χ3n) is 2.33. The highest BCUT2D eigenvalue weighted by Crippen LogP contribution is 2.18. The molecule has 1 rings (SSSR count). The molecule has 1 aliphatic heterocycles. The van der Waals surface area contributed by atoms with E-state index in [0.717, 1.165) is 12.8 Å². The summed E-state index contributed by atoms with van der Waals surface area (Å²) in [5, 5.41) is 0. The van der Waals surface area contributed by atoms with Crippen LogP contribution in [0.5, 0.6) is 0 Å². The average molecular weight is 187 g/mol. The molecule has 4 nitrogen and oxygen atoms in total. The predicted octanol–water partition coefficient (Wildman–Crippen LogP) is 0.303. The van der Waals surface area contributed by atoms with Crippen LogP contribution >= 0.6 is 0 Å². The first-order chi connectivity index (χ1) is 6.25. The number of hydrogen-bond donors (Lipinski definition) is 1. The van der Waals surface area contributed by atoms with E-state index >= 15 is 0 Å². The van der Waals surface area contributed by atoms with E-state index in [2.05, 4.69) is 0 Å². The maximum atomic E-state index is 11.3. The highest BCUT2D eigenvalue weighted by atomic mass is 16.5. The summed E-state index contributed by atoms with van der Waals surface area (Å²) in [6, 6.07) is -0.469. The van der Waals surface area contributed by atoms with Gasteiger partial charge in [0.25, 0.3) is 0 Å². The minimum absolute atomic E-state index is 0.229. The van der Waals surface area contributed by atoms with Crippen LogP contribution in [0.2, 0.25) is 0 Å². The number of nitrogens with two attached hydrogens (primary N) is 1. The Hall–Kier alpha value is -0.610. The van der Waals surface area contributed by atoms with E-state index in [1.807, 2.05) is 0 Å². The predicted molar refractivity (Wildman–Crippen MR) is 48.2 cm³/mol. The molecule has 0 radical (unpaired) electrons. The molecule has 0 bridgehead atoms. The van der Waals surface area contributed by atoms with E-state index in [0.29, 0.717) is 19.8 Å². The Morgan fingerprint density at radius 3 is 2.77 bits per heavy atom. The van der Waals surface area contributed by atoms with Gasteiger partial charge < -0.3 is 15.2 Å². The summed E-state index contributed by atoms with van der Waals surface area (Å²) in [6.45, 7) is 3.60. The molecule has 76 valence electrons. The van der Waals surface area contributed by atoms with Crippen LogP contribution in [-0.2, 0) is 14.3 Å². The van der Waals surface area contributed by atoms with Gasteiger partial charge in [0.1, 0.15) is 6.04 Å². The second-order valence-electron chi connectivity index (χ2n) is 3.23. The standard InChI is InChI=1S/C9H17NO3/c1-2-13-9(11)8(10)7-3-5-12-6-4-7/h7-8H,2-6,10H2,1H3. The van der Waals surface area contributed by atoms with Crippen molar-refractivity contribution in [3.05, 3.63) is 0 Å². The molecule has 0 spiro atoms. The lowest BCUT2D eigenvalue weighted by Crippen LogP contribution is -2.41. The molecule has 1 fully saturated rings. The van der Waals surface area contributed by atoms with Crippen LogP contribution in [0, 0.1) is 5.92 Å². The molecular weight excluding hydrogens is 170 g/mol. The van der Waals surface area contributed by atoms with Gasteiger partial charge in [-0.05, 0) is 25.7 Å². The van der Waals surface area contributed by atoms with E-state index in [-0.39, 0.29) is 11.9 Å². The van der Waals surface area contributed by atoms with Crippen molar-refractivity contribution in [2.45, 2.75) is 25.8 Å². The molecule has 0 aromatic rings. The van der Waals surface area contributed by atoms with Gasteiger partial charge in [0.2, 0.25) is 0 Å². The number of ether oxygens (including phenoxy) is 2. The fraction of sp³-hybridized carbons (Fsp3) is 0.889. The number of carbonyl (C=O) groups is 1. The Bertz CT molecular complexity index is 166. The van der Waals surface area contributed by atoms with Gasteiger partial charge in [0, 0.05) is 13.2 Å². The van der Waals surface area contributed by atoms with Crippen molar-refractivity contribution < 1.29 is 14.3 Å². The summed E-state index contributed by atoms with van der Waals surface area (Å²) in [7, 11) is 0. The van der Waals surface area contributed by atoms with Crippen LogP contribution in [0.3, 0.4) is 0 Å². The fourth-order valence-electron chi connectivity index (χ4n) is 1.51. The number of hydrogen-bond acceptors (Lipinski definition) is 4. The molecule has 1 heterocycles. The van der Waals surface area contributed by atoms with Gasteiger partial charge in [0.15, 0.2) is 0 Å². The lowest BCUT2D eigenvalue weighted by molar-refractivity contribution is -0.146. The van der Waals surface area contributed by atoms with Crippen molar-refractivity contribution in [1.82, 2.24) is 0 Å². The summed E-state index contributed by atoms with van der Waals surface area (Å²) in [5.74, 6) is -0.0535. The van der Waals surface area contributed by atoms with Crippen LogP contribution in [0.4, 0.5) is 0 Å². The molecule has 13 heavy (non-hydrogen) atoms. The van der Waals surface area contributed by atoms with Crippen molar-refractivity contribution in [3.8, 4) is 0 Å². The van der Waals surface area contributed by atoms with Gasteiger partial charge in [-0.3, -0.25) is 4.79 Å². The maximum absolute atomic E-state index is 11.3. The quantitative estimate of drug-likeness (QED) is 0.646. The zero-order valence-electron chi connectivity index (χ0n) is 7.99. The molecule has 0 aromatic carbocycles. The van der Waals surface area contributed by atoms with E-state index < -0.39 is 6.04 Å². The van der Waals surface area contributed by atoms with E-state index in [1.54, 1.807) is 6.92 Å². The number of esters is 1. The molecule has 2 N–H and O–H groups in total. The molecule has 1 unspecified atom stereocenters. The summed E-state index contributed by atoms with van der Waals surface area (Å²) in [4.78, 5) is 11.3. The first-order valence-electron chi connectivity index (χ1n) is 4.75.